The predicted octanol–water partition coefficient (Wildman–Crippen LogP) is -0.998. The second kappa shape index (κ2) is 9.51. The van der Waals surface area contributed by atoms with Gasteiger partial charge in [0.2, 0.25) is 5.95 Å². The minimum Gasteiger partial charge on any atom is -0.387 e. The molecule has 4 heterocycles. The van der Waals surface area contributed by atoms with Gasteiger partial charge < -0.3 is 35.8 Å². The minimum absolute atomic E-state index is 0.0431. The third-order valence-corrected chi connectivity index (χ3v) is 6.63. The van der Waals surface area contributed by atoms with Gasteiger partial charge in [-0.2, -0.15) is 4.98 Å². The molecule has 0 bridgehead atoms. The summed E-state index contributed by atoms with van der Waals surface area (Å²) in [4.78, 5) is 26.9. The van der Waals surface area contributed by atoms with Crippen LogP contribution in [0, 0.1) is 5.82 Å². The van der Waals surface area contributed by atoms with Crippen molar-refractivity contribution in [2.75, 3.05) is 50.4 Å². The summed E-state index contributed by atoms with van der Waals surface area (Å²) in [6.07, 6.45) is -3.00. The highest BCUT2D eigenvalue weighted by Crippen LogP contribution is 2.31. The van der Waals surface area contributed by atoms with E-state index in [0.717, 1.165) is 31.9 Å². The Balaban J connectivity index is 1.21. The lowest BCUT2D eigenvalue weighted by atomic mass is 10.1. The number of aliphatic hydroxyl groups is 2. The number of halogens is 1. The molecular formula is C22H29FN8O4. The molecule has 2 aliphatic rings. The Hall–Kier alpha value is -3.10. The highest BCUT2D eigenvalue weighted by atomic mass is 19.1. The van der Waals surface area contributed by atoms with Crippen molar-refractivity contribution in [1.82, 2.24) is 29.7 Å². The Morgan fingerprint density at radius 3 is 2.77 bits per heavy atom. The standard InChI is InChI=1S/C22H29FN8O4/c1-29-4-6-30(7-5-29)13-3-2-12(14(23)8-13)9-25-10-15-17(32)18(33)21(35-15)31-11-26-16-19(31)27-22(24)28-20(16)34/h2-3,8,11,15,17-18,21,25,32-33H,4-7,9-10H2,1H3,(H3,24,27,28,34)/t15-,17-,18-,21-/m1/s1. The summed E-state index contributed by atoms with van der Waals surface area (Å²) < 4.78 is 22.0. The number of hydrogen-bond acceptors (Lipinski definition) is 10. The van der Waals surface area contributed by atoms with E-state index >= 15 is 0 Å². The number of nitrogens with zero attached hydrogens (tertiary/aromatic N) is 5. The van der Waals surface area contributed by atoms with Gasteiger partial charge in [0.15, 0.2) is 17.4 Å². The van der Waals surface area contributed by atoms with E-state index in [4.69, 9.17) is 10.5 Å². The fourth-order valence-corrected chi connectivity index (χ4v) is 4.55. The molecule has 2 fully saturated rings. The van der Waals surface area contributed by atoms with E-state index in [0.29, 0.717) is 5.56 Å². The second-order valence-electron chi connectivity index (χ2n) is 9.02. The molecule has 4 atom stereocenters. The average molecular weight is 489 g/mol. The van der Waals surface area contributed by atoms with Gasteiger partial charge in [-0.05, 0) is 19.2 Å². The summed E-state index contributed by atoms with van der Waals surface area (Å²) >= 11 is 0. The van der Waals surface area contributed by atoms with Crippen molar-refractivity contribution in [1.29, 1.82) is 0 Å². The summed E-state index contributed by atoms with van der Waals surface area (Å²) in [5.74, 6) is -0.408. The molecule has 1 aromatic carbocycles. The quantitative estimate of drug-likeness (QED) is 0.291. The predicted molar refractivity (Wildman–Crippen MR) is 126 cm³/mol. The maximum atomic E-state index is 14.7. The molecular weight excluding hydrogens is 459 g/mol. The zero-order chi connectivity index (χ0) is 24.7. The molecule has 188 valence electrons. The molecule has 0 amide bonds. The summed E-state index contributed by atoms with van der Waals surface area (Å²) in [6, 6.07) is 5.22. The van der Waals surface area contributed by atoms with Gasteiger partial charge in [-0.15, -0.1) is 0 Å². The van der Waals surface area contributed by atoms with E-state index in [1.807, 2.05) is 6.07 Å². The maximum absolute atomic E-state index is 14.7. The zero-order valence-electron chi connectivity index (χ0n) is 19.3. The Bertz CT molecular complexity index is 1260. The number of aliphatic hydroxyl groups excluding tert-OH is 2. The molecule has 2 aliphatic heterocycles. The lowest BCUT2D eigenvalue weighted by Gasteiger charge is -2.34. The topological polar surface area (TPSA) is 158 Å². The molecule has 5 rings (SSSR count). The van der Waals surface area contributed by atoms with Crippen molar-refractivity contribution in [2.24, 2.45) is 0 Å². The van der Waals surface area contributed by atoms with Crippen LogP contribution in [-0.2, 0) is 11.3 Å². The van der Waals surface area contributed by atoms with E-state index in [-0.39, 0.29) is 36.0 Å². The number of hydrogen-bond donors (Lipinski definition) is 5. The van der Waals surface area contributed by atoms with E-state index in [2.05, 4.69) is 37.1 Å². The molecule has 6 N–H and O–H groups in total. The van der Waals surface area contributed by atoms with Gasteiger partial charge in [0, 0.05) is 50.5 Å². The van der Waals surface area contributed by atoms with Crippen molar-refractivity contribution in [3.8, 4) is 0 Å². The summed E-state index contributed by atoms with van der Waals surface area (Å²) in [5, 5.41) is 24.2. The largest absolute Gasteiger partial charge is 0.387 e. The van der Waals surface area contributed by atoms with Crippen molar-refractivity contribution >= 4 is 22.8 Å². The number of benzene rings is 1. The van der Waals surface area contributed by atoms with Gasteiger partial charge in [0.05, 0.1) is 6.33 Å². The van der Waals surface area contributed by atoms with E-state index in [1.54, 1.807) is 12.1 Å². The van der Waals surface area contributed by atoms with Crippen LogP contribution in [0.1, 0.15) is 11.8 Å². The molecule has 0 radical (unpaired) electrons. The van der Waals surface area contributed by atoms with Crippen LogP contribution >= 0.6 is 0 Å². The number of piperazine rings is 1. The summed E-state index contributed by atoms with van der Waals surface area (Å²) in [5.41, 5.74) is 6.64. The van der Waals surface area contributed by atoms with Gasteiger partial charge >= 0.3 is 0 Å². The zero-order valence-corrected chi connectivity index (χ0v) is 19.3. The van der Waals surface area contributed by atoms with E-state index < -0.39 is 30.1 Å². The maximum Gasteiger partial charge on any atom is 0.280 e. The molecule has 0 spiro atoms. The van der Waals surface area contributed by atoms with Gasteiger partial charge in [-0.1, -0.05) is 6.07 Å². The van der Waals surface area contributed by atoms with Gasteiger partial charge in [0.1, 0.15) is 24.1 Å². The van der Waals surface area contributed by atoms with Crippen LogP contribution in [-0.4, -0.2) is 92.7 Å². The summed E-state index contributed by atoms with van der Waals surface area (Å²) in [6.45, 7) is 3.99. The first-order valence-corrected chi connectivity index (χ1v) is 11.5. The number of fused-ring (bicyclic) bond motifs is 1. The molecule has 0 unspecified atom stereocenters. The Morgan fingerprint density at radius 2 is 2.03 bits per heavy atom. The van der Waals surface area contributed by atoms with Crippen molar-refractivity contribution in [3.05, 3.63) is 46.3 Å². The Morgan fingerprint density at radius 1 is 1.26 bits per heavy atom. The highest BCUT2D eigenvalue weighted by molar-refractivity contribution is 5.70. The molecule has 2 saturated heterocycles. The smallest absolute Gasteiger partial charge is 0.280 e. The van der Waals surface area contributed by atoms with Crippen LogP contribution in [0.4, 0.5) is 16.0 Å². The minimum atomic E-state index is -1.29. The lowest BCUT2D eigenvalue weighted by molar-refractivity contribution is -0.0342. The van der Waals surface area contributed by atoms with Crippen molar-refractivity contribution < 1.29 is 19.3 Å². The Labute approximate surface area is 200 Å². The second-order valence-corrected chi connectivity index (χ2v) is 9.02. The van der Waals surface area contributed by atoms with Gasteiger partial charge in [0.25, 0.3) is 5.56 Å². The number of rotatable bonds is 6. The molecule has 0 aliphatic carbocycles. The first-order valence-electron chi connectivity index (χ1n) is 11.5. The van der Waals surface area contributed by atoms with Crippen LogP contribution in [0.2, 0.25) is 0 Å². The number of nitrogens with one attached hydrogen (secondary N) is 2. The number of H-pyrrole nitrogens is 1. The number of anilines is 2. The molecule has 0 saturated carbocycles. The number of nitrogen functional groups attached to an aromatic ring is 1. The monoisotopic (exact) mass is 488 g/mol. The molecule has 35 heavy (non-hydrogen) atoms. The summed E-state index contributed by atoms with van der Waals surface area (Å²) in [7, 11) is 2.07. The first kappa shape index (κ1) is 23.6. The Kier molecular flexibility index (Phi) is 6.42. The molecule has 2 aromatic heterocycles. The molecule has 12 nitrogen and oxygen atoms in total. The van der Waals surface area contributed by atoms with Gasteiger partial charge in [-0.25, -0.2) is 9.37 Å². The number of imidazole rings is 1. The fraction of sp³-hybridized carbons (Fsp3) is 0.500. The third-order valence-electron chi connectivity index (χ3n) is 6.63. The number of aromatic amines is 1. The van der Waals surface area contributed by atoms with Crippen molar-refractivity contribution in [3.63, 3.8) is 0 Å². The van der Waals surface area contributed by atoms with Crippen LogP contribution in [0.15, 0.2) is 29.3 Å². The van der Waals surface area contributed by atoms with Crippen LogP contribution in [0.3, 0.4) is 0 Å². The van der Waals surface area contributed by atoms with Gasteiger partial charge in [-0.3, -0.25) is 14.3 Å². The van der Waals surface area contributed by atoms with Crippen LogP contribution < -0.4 is 21.5 Å². The number of likely N-dealkylation sites (N-methyl/N-ethyl adjacent to an activating group) is 1. The fourth-order valence-electron chi connectivity index (χ4n) is 4.55. The first-order chi connectivity index (χ1) is 16.8. The van der Waals surface area contributed by atoms with E-state index in [1.165, 1.54) is 10.9 Å². The number of ether oxygens (including phenoxy) is 1. The number of nitrogens with two attached hydrogens (primary N) is 1. The van der Waals surface area contributed by atoms with Crippen molar-refractivity contribution in [2.45, 2.75) is 31.1 Å². The normalized spacial score (nSPS) is 25.5. The average Bonchev–Trinajstić information content (AvgIpc) is 3.37. The van der Waals surface area contributed by atoms with Crippen LogP contribution in [0.25, 0.3) is 11.2 Å². The number of aromatic nitrogens is 4. The van der Waals surface area contributed by atoms with E-state index in [9.17, 15) is 19.4 Å². The third kappa shape index (κ3) is 4.60. The lowest BCUT2D eigenvalue weighted by Crippen LogP contribution is -2.44. The molecule has 3 aromatic rings. The molecule has 13 heteroatoms. The highest BCUT2D eigenvalue weighted by Gasteiger charge is 2.44. The SMILES string of the molecule is CN1CCN(c2ccc(CNC[C@H]3O[C@@H](n4cnc5c(=O)[nH]c(N)nc54)[C@H](O)[C@@H]3O)c(F)c2)CC1. The van der Waals surface area contributed by atoms with Crippen LogP contribution in [0.5, 0.6) is 0 Å².